The van der Waals surface area contributed by atoms with Crippen molar-refractivity contribution in [2.45, 2.75) is 56.4 Å². The van der Waals surface area contributed by atoms with Crippen LogP contribution in [0.1, 0.15) is 49.7 Å². The second-order valence-corrected chi connectivity index (χ2v) is 8.22. The van der Waals surface area contributed by atoms with Gasteiger partial charge >= 0.3 is 0 Å². The molecule has 0 radical (unpaired) electrons. The molecule has 1 saturated carbocycles. The summed E-state index contributed by atoms with van der Waals surface area (Å²) in [6.07, 6.45) is 3.98. The third kappa shape index (κ3) is 6.97. The van der Waals surface area contributed by atoms with Crippen molar-refractivity contribution in [2.24, 2.45) is 0 Å². The highest BCUT2D eigenvalue weighted by atomic mass is 32.2. The molecule has 0 unspecified atom stereocenters. The summed E-state index contributed by atoms with van der Waals surface area (Å²) in [4.78, 5) is -0.0666. The van der Waals surface area contributed by atoms with E-state index in [1.807, 2.05) is 19.9 Å². The highest BCUT2D eigenvalue weighted by Gasteiger charge is 2.20. The molecule has 0 heterocycles. The molecule has 2 aromatic carbocycles. The van der Waals surface area contributed by atoms with Crippen LogP contribution in [0.15, 0.2) is 53.4 Å². The fourth-order valence-corrected chi connectivity index (χ4v) is 3.62. The van der Waals surface area contributed by atoms with Crippen LogP contribution in [0, 0.1) is 6.92 Å². The summed E-state index contributed by atoms with van der Waals surface area (Å²) in [5.74, 6) is 1.56. The minimum Gasteiger partial charge on any atom is -0.494 e. The van der Waals surface area contributed by atoms with Crippen molar-refractivity contribution in [1.82, 2.24) is 0 Å². The summed E-state index contributed by atoms with van der Waals surface area (Å²) in [5, 5.41) is 9.49. The Hall–Kier alpha value is -1.89. The molecule has 2 N–H and O–H groups in total. The van der Waals surface area contributed by atoms with Crippen LogP contribution in [0.2, 0.25) is 0 Å². The molecule has 148 valence electrons. The first-order valence-corrected chi connectivity index (χ1v) is 10.7. The van der Waals surface area contributed by atoms with Crippen LogP contribution < -0.4 is 4.74 Å². The quantitative estimate of drug-likeness (QED) is 0.756. The lowest BCUT2D eigenvalue weighted by Crippen LogP contribution is -2.16. The van der Waals surface area contributed by atoms with Gasteiger partial charge in [0.2, 0.25) is 0 Å². The molecule has 0 atom stereocenters. The monoisotopic (exact) mass is 392 g/mol. The Bertz CT molecular complexity index is 807. The van der Waals surface area contributed by atoms with Crippen molar-refractivity contribution in [3.05, 3.63) is 59.7 Å². The Morgan fingerprint density at radius 3 is 2.22 bits per heavy atom. The lowest BCUT2D eigenvalue weighted by atomic mass is 9.83. The van der Waals surface area contributed by atoms with E-state index in [1.54, 1.807) is 12.1 Å². The molecule has 3 rings (SSSR count). The minimum absolute atomic E-state index is 0.0666. The third-order valence-corrected chi connectivity index (χ3v) is 5.52. The maximum atomic E-state index is 10.5. The zero-order valence-electron chi connectivity index (χ0n) is 15.8. The maximum Gasteiger partial charge on any atom is 0.294 e. The number of hydrogen-bond donors (Lipinski definition) is 2. The van der Waals surface area contributed by atoms with E-state index in [9.17, 15) is 13.5 Å². The molecular weight excluding hydrogens is 364 g/mol. The molecule has 0 spiro atoms. The van der Waals surface area contributed by atoms with Gasteiger partial charge in [-0.05, 0) is 75.3 Å². The normalized spacial score (nSPS) is 19.7. The van der Waals surface area contributed by atoms with Crippen LogP contribution >= 0.6 is 0 Å². The topological polar surface area (TPSA) is 83.8 Å². The van der Waals surface area contributed by atoms with Gasteiger partial charge in [0, 0.05) is 0 Å². The van der Waals surface area contributed by atoms with Crippen LogP contribution in [0.25, 0.3) is 0 Å². The molecule has 1 aliphatic carbocycles. The van der Waals surface area contributed by atoms with Gasteiger partial charge in [-0.15, -0.1) is 0 Å². The van der Waals surface area contributed by atoms with E-state index in [2.05, 4.69) is 18.2 Å². The van der Waals surface area contributed by atoms with Gasteiger partial charge in [0.25, 0.3) is 10.1 Å². The minimum atomic E-state index is -4.02. The van der Waals surface area contributed by atoms with Crippen LogP contribution in [-0.2, 0) is 10.1 Å². The summed E-state index contributed by atoms with van der Waals surface area (Å²) < 4.78 is 35.1. The van der Waals surface area contributed by atoms with Gasteiger partial charge in [-0.3, -0.25) is 4.55 Å². The second-order valence-electron chi connectivity index (χ2n) is 6.80. The first kappa shape index (κ1) is 21.4. The number of aryl methyl sites for hydroxylation is 1. The standard InChI is InChI=1S/C14H20O2.C7H8O3S/c1-2-16-14-5-3-4-12(10-14)11-6-8-13(15)9-7-11;1-6-2-4-7(5-3-6)11(8,9)10/h3-5,10-11,13,15H,2,6-9H2,1H3;2-5H,1H3,(H,8,9,10). The van der Waals surface area contributed by atoms with Crippen LogP contribution in [0.5, 0.6) is 5.75 Å². The van der Waals surface area contributed by atoms with Crippen LogP contribution in [0.3, 0.4) is 0 Å². The molecule has 6 heteroatoms. The molecule has 0 aliphatic heterocycles. The molecule has 0 aromatic heterocycles. The summed E-state index contributed by atoms with van der Waals surface area (Å²) in [7, 11) is -4.02. The number of aliphatic hydroxyl groups is 1. The predicted molar refractivity (Wildman–Crippen MR) is 106 cm³/mol. The van der Waals surface area contributed by atoms with Crippen molar-refractivity contribution in [3.8, 4) is 5.75 Å². The lowest BCUT2D eigenvalue weighted by molar-refractivity contribution is 0.122. The van der Waals surface area contributed by atoms with Crippen LogP contribution in [0.4, 0.5) is 0 Å². The number of benzene rings is 2. The zero-order valence-corrected chi connectivity index (χ0v) is 16.7. The first-order chi connectivity index (χ1) is 12.8. The van der Waals surface area contributed by atoms with Gasteiger partial charge in [0.15, 0.2) is 0 Å². The van der Waals surface area contributed by atoms with Crippen molar-refractivity contribution >= 4 is 10.1 Å². The first-order valence-electron chi connectivity index (χ1n) is 9.24. The molecule has 0 saturated heterocycles. The highest BCUT2D eigenvalue weighted by Crippen LogP contribution is 2.34. The van der Waals surface area contributed by atoms with Crippen molar-refractivity contribution in [1.29, 1.82) is 0 Å². The fraction of sp³-hybridized carbons (Fsp3) is 0.429. The average molecular weight is 393 g/mol. The Morgan fingerprint density at radius 2 is 1.67 bits per heavy atom. The third-order valence-electron chi connectivity index (χ3n) is 4.66. The summed E-state index contributed by atoms with van der Waals surface area (Å²) in [5.41, 5.74) is 2.32. The number of hydrogen-bond acceptors (Lipinski definition) is 4. The van der Waals surface area contributed by atoms with E-state index in [4.69, 9.17) is 9.29 Å². The molecule has 0 bridgehead atoms. The van der Waals surface area contributed by atoms with Gasteiger partial charge < -0.3 is 9.84 Å². The average Bonchev–Trinajstić information content (AvgIpc) is 2.63. The maximum absolute atomic E-state index is 10.5. The molecule has 0 amide bonds. The fourth-order valence-electron chi connectivity index (χ4n) is 3.14. The van der Waals surface area contributed by atoms with E-state index in [0.29, 0.717) is 12.5 Å². The van der Waals surface area contributed by atoms with Crippen molar-refractivity contribution in [3.63, 3.8) is 0 Å². The summed E-state index contributed by atoms with van der Waals surface area (Å²) in [6.45, 7) is 4.56. The van der Waals surface area contributed by atoms with E-state index >= 15 is 0 Å². The Balaban J connectivity index is 0.000000208. The zero-order chi connectivity index (χ0) is 19.9. The molecule has 1 aliphatic rings. The van der Waals surface area contributed by atoms with E-state index in [-0.39, 0.29) is 11.0 Å². The Morgan fingerprint density at radius 1 is 1.04 bits per heavy atom. The van der Waals surface area contributed by atoms with Gasteiger partial charge in [-0.2, -0.15) is 8.42 Å². The Kier molecular flexibility index (Phi) is 7.83. The van der Waals surface area contributed by atoms with E-state index in [0.717, 1.165) is 37.0 Å². The van der Waals surface area contributed by atoms with Gasteiger partial charge in [-0.25, -0.2) is 0 Å². The second kappa shape index (κ2) is 9.88. The summed E-state index contributed by atoms with van der Waals surface area (Å²) >= 11 is 0. The number of ether oxygens (including phenoxy) is 1. The molecule has 27 heavy (non-hydrogen) atoms. The smallest absolute Gasteiger partial charge is 0.294 e. The van der Waals surface area contributed by atoms with Gasteiger partial charge in [0.1, 0.15) is 5.75 Å². The molecule has 2 aromatic rings. The lowest BCUT2D eigenvalue weighted by Gasteiger charge is -2.25. The molecule has 5 nitrogen and oxygen atoms in total. The van der Waals surface area contributed by atoms with Crippen LogP contribution in [-0.4, -0.2) is 30.8 Å². The summed E-state index contributed by atoms with van der Waals surface area (Å²) in [6, 6.07) is 14.4. The van der Waals surface area contributed by atoms with Gasteiger partial charge in [-0.1, -0.05) is 29.8 Å². The number of rotatable bonds is 4. The molecular formula is C21H28O5S. The van der Waals surface area contributed by atoms with E-state index < -0.39 is 10.1 Å². The van der Waals surface area contributed by atoms with Crippen molar-refractivity contribution < 1.29 is 22.8 Å². The van der Waals surface area contributed by atoms with Gasteiger partial charge in [0.05, 0.1) is 17.6 Å². The van der Waals surface area contributed by atoms with Crippen molar-refractivity contribution in [2.75, 3.05) is 6.61 Å². The SMILES string of the molecule is CCOc1cccc(C2CCC(O)CC2)c1.Cc1ccc(S(=O)(=O)O)cc1. The number of aliphatic hydroxyl groups excluding tert-OH is 1. The highest BCUT2D eigenvalue weighted by molar-refractivity contribution is 7.85. The predicted octanol–water partition coefficient (Wildman–Crippen LogP) is 4.35. The molecule has 1 fully saturated rings. The Labute approximate surface area is 161 Å². The largest absolute Gasteiger partial charge is 0.494 e. The van der Waals surface area contributed by atoms with E-state index in [1.165, 1.54) is 17.7 Å².